The summed E-state index contributed by atoms with van der Waals surface area (Å²) in [6, 6.07) is 2.13. The molecule has 3 rings (SSSR count). The fourth-order valence-corrected chi connectivity index (χ4v) is 3.78. The molecule has 2 aromatic heterocycles. The standard InChI is InChI=1S/C14H18ClN3O2S/c1-9-8-11-12(16-14(15)17-13(11)21-9)18-4-2-10(3-5-18)20-7-6-19/h8,10,19H,2-7H2,1H3. The second kappa shape index (κ2) is 6.44. The summed E-state index contributed by atoms with van der Waals surface area (Å²) in [6.07, 6.45) is 2.10. The van der Waals surface area contributed by atoms with Gasteiger partial charge in [-0.3, -0.25) is 0 Å². The number of hydrogen-bond donors (Lipinski definition) is 1. The molecule has 0 atom stereocenters. The largest absolute Gasteiger partial charge is 0.394 e. The van der Waals surface area contributed by atoms with Crippen LogP contribution < -0.4 is 4.90 Å². The van der Waals surface area contributed by atoms with Crippen LogP contribution in [0.2, 0.25) is 5.28 Å². The highest BCUT2D eigenvalue weighted by atomic mass is 35.5. The molecule has 2 aromatic rings. The fraction of sp³-hybridized carbons (Fsp3) is 0.571. The molecule has 1 aliphatic heterocycles. The van der Waals surface area contributed by atoms with E-state index >= 15 is 0 Å². The van der Waals surface area contributed by atoms with Gasteiger partial charge in [-0.25, -0.2) is 4.98 Å². The van der Waals surface area contributed by atoms with E-state index in [0.717, 1.165) is 42.0 Å². The van der Waals surface area contributed by atoms with Crippen LogP contribution in [0.1, 0.15) is 17.7 Å². The lowest BCUT2D eigenvalue weighted by atomic mass is 10.1. The molecule has 3 heterocycles. The first kappa shape index (κ1) is 15.0. The molecule has 0 saturated carbocycles. The number of fused-ring (bicyclic) bond motifs is 1. The molecule has 0 amide bonds. The van der Waals surface area contributed by atoms with Gasteiger partial charge in [-0.15, -0.1) is 11.3 Å². The molecular formula is C14H18ClN3O2S. The molecule has 7 heteroatoms. The van der Waals surface area contributed by atoms with Crippen molar-refractivity contribution in [2.75, 3.05) is 31.2 Å². The second-order valence-corrected chi connectivity index (χ2v) is 6.75. The second-order valence-electron chi connectivity index (χ2n) is 5.17. The van der Waals surface area contributed by atoms with Crippen molar-refractivity contribution >= 4 is 39.0 Å². The van der Waals surface area contributed by atoms with E-state index in [0.29, 0.717) is 11.9 Å². The maximum absolute atomic E-state index is 8.81. The molecular weight excluding hydrogens is 310 g/mol. The zero-order valence-corrected chi connectivity index (χ0v) is 13.5. The first-order chi connectivity index (χ1) is 10.2. The van der Waals surface area contributed by atoms with Crippen molar-refractivity contribution in [2.24, 2.45) is 0 Å². The lowest BCUT2D eigenvalue weighted by molar-refractivity contribution is 0.0158. The Morgan fingerprint density at radius 1 is 1.43 bits per heavy atom. The molecule has 0 unspecified atom stereocenters. The van der Waals surface area contributed by atoms with Crippen LogP contribution in [-0.2, 0) is 4.74 Å². The Hall–Kier alpha value is -0.950. The average Bonchev–Trinajstić information content (AvgIpc) is 2.85. The summed E-state index contributed by atoms with van der Waals surface area (Å²) < 4.78 is 5.60. The molecule has 0 aliphatic carbocycles. The van der Waals surface area contributed by atoms with Crippen molar-refractivity contribution in [2.45, 2.75) is 25.9 Å². The Labute approximate surface area is 132 Å². The van der Waals surface area contributed by atoms with E-state index in [1.54, 1.807) is 11.3 Å². The third-order valence-electron chi connectivity index (χ3n) is 3.65. The smallest absolute Gasteiger partial charge is 0.225 e. The molecule has 114 valence electrons. The van der Waals surface area contributed by atoms with Gasteiger partial charge in [0.1, 0.15) is 10.6 Å². The third-order valence-corrected chi connectivity index (χ3v) is 4.77. The van der Waals surface area contributed by atoms with Crippen LogP contribution in [0.5, 0.6) is 0 Å². The maximum atomic E-state index is 8.81. The molecule has 0 radical (unpaired) electrons. The molecule has 0 aromatic carbocycles. The van der Waals surface area contributed by atoms with Crippen molar-refractivity contribution in [1.29, 1.82) is 0 Å². The zero-order valence-electron chi connectivity index (χ0n) is 11.9. The van der Waals surface area contributed by atoms with Gasteiger partial charge in [0.05, 0.1) is 24.7 Å². The molecule has 0 bridgehead atoms. The lowest BCUT2D eigenvalue weighted by Gasteiger charge is -2.32. The van der Waals surface area contributed by atoms with Gasteiger partial charge in [-0.2, -0.15) is 4.98 Å². The number of rotatable bonds is 4. The van der Waals surface area contributed by atoms with Gasteiger partial charge in [0.15, 0.2) is 0 Å². The summed E-state index contributed by atoms with van der Waals surface area (Å²) in [7, 11) is 0. The van der Waals surface area contributed by atoms with Gasteiger partial charge >= 0.3 is 0 Å². The van der Waals surface area contributed by atoms with Gasteiger partial charge in [0.2, 0.25) is 5.28 Å². The van der Waals surface area contributed by atoms with E-state index in [-0.39, 0.29) is 12.7 Å². The zero-order chi connectivity index (χ0) is 14.8. The lowest BCUT2D eigenvalue weighted by Crippen LogP contribution is -2.38. The first-order valence-electron chi connectivity index (χ1n) is 7.08. The highest BCUT2D eigenvalue weighted by Gasteiger charge is 2.23. The summed E-state index contributed by atoms with van der Waals surface area (Å²) in [5.74, 6) is 0.926. The van der Waals surface area contributed by atoms with Gasteiger partial charge < -0.3 is 14.7 Å². The molecule has 21 heavy (non-hydrogen) atoms. The van der Waals surface area contributed by atoms with Crippen LogP contribution in [0, 0.1) is 6.92 Å². The summed E-state index contributed by atoms with van der Waals surface area (Å²) in [5.41, 5.74) is 0. The number of aromatic nitrogens is 2. The number of aliphatic hydroxyl groups is 1. The highest BCUT2D eigenvalue weighted by molar-refractivity contribution is 7.18. The number of thiophene rings is 1. The number of halogens is 1. The van der Waals surface area contributed by atoms with Crippen LogP contribution in [0.25, 0.3) is 10.2 Å². The molecule has 1 fully saturated rings. The van der Waals surface area contributed by atoms with Gasteiger partial charge in [0, 0.05) is 18.0 Å². The highest BCUT2D eigenvalue weighted by Crippen LogP contribution is 2.33. The number of aliphatic hydroxyl groups excluding tert-OH is 1. The summed E-state index contributed by atoms with van der Waals surface area (Å²) >= 11 is 7.70. The summed E-state index contributed by atoms with van der Waals surface area (Å²) in [6.45, 7) is 4.33. The van der Waals surface area contributed by atoms with Crippen molar-refractivity contribution < 1.29 is 9.84 Å². The number of piperidine rings is 1. The number of anilines is 1. The Morgan fingerprint density at radius 3 is 2.90 bits per heavy atom. The quantitative estimate of drug-likeness (QED) is 0.875. The molecule has 0 spiro atoms. The van der Waals surface area contributed by atoms with Crippen LogP contribution >= 0.6 is 22.9 Å². The minimum Gasteiger partial charge on any atom is -0.394 e. The summed E-state index contributed by atoms with van der Waals surface area (Å²) in [4.78, 5) is 13.1. The minimum atomic E-state index is 0.0799. The van der Waals surface area contributed by atoms with Crippen LogP contribution in [0.15, 0.2) is 6.07 Å². The third kappa shape index (κ3) is 3.29. The van der Waals surface area contributed by atoms with Crippen LogP contribution in [-0.4, -0.2) is 47.5 Å². The average molecular weight is 328 g/mol. The van der Waals surface area contributed by atoms with E-state index in [2.05, 4.69) is 27.9 Å². The van der Waals surface area contributed by atoms with Crippen molar-refractivity contribution in [1.82, 2.24) is 9.97 Å². The van der Waals surface area contributed by atoms with Crippen molar-refractivity contribution in [3.63, 3.8) is 0 Å². The number of aryl methyl sites for hydroxylation is 1. The molecule has 5 nitrogen and oxygen atoms in total. The van der Waals surface area contributed by atoms with E-state index in [1.807, 2.05) is 0 Å². The fourth-order valence-electron chi connectivity index (χ4n) is 2.70. The SMILES string of the molecule is Cc1cc2c(N3CCC(OCCO)CC3)nc(Cl)nc2s1. The predicted molar refractivity (Wildman–Crippen MR) is 85.4 cm³/mol. The molecule has 1 saturated heterocycles. The van der Waals surface area contributed by atoms with Crippen molar-refractivity contribution in [3.8, 4) is 0 Å². The van der Waals surface area contributed by atoms with E-state index in [1.165, 1.54) is 4.88 Å². The van der Waals surface area contributed by atoms with E-state index < -0.39 is 0 Å². The first-order valence-corrected chi connectivity index (χ1v) is 8.28. The Morgan fingerprint density at radius 2 is 2.19 bits per heavy atom. The molecule has 1 aliphatic rings. The Balaban J connectivity index is 1.79. The topological polar surface area (TPSA) is 58.5 Å². The Kier molecular flexibility index (Phi) is 4.59. The predicted octanol–water partition coefficient (Wildman–Crippen LogP) is 2.63. The van der Waals surface area contributed by atoms with Gasteiger partial charge in [-0.05, 0) is 37.4 Å². The summed E-state index contributed by atoms with van der Waals surface area (Å²) in [5, 5.41) is 10.2. The number of ether oxygens (including phenoxy) is 1. The van der Waals surface area contributed by atoms with Gasteiger partial charge in [0.25, 0.3) is 0 Å². The number of nitrogens with zero attached hydrogens (tertiary/aromatic N) is 3. The maximum Gasteiger partial charge on any atom is 0.225 e. The minimum absolute atomic E-state index is 0.0799. The monoisotopic (exact) mass is 327 g/mol. The van der Waals surface area contributed by atoms with Crippen LogP contribution in [0.3, 0.4) is 0 Å². The van der Waals surface area contributed by atoms with Gasteiger partial charge in [-0.1, -0.05) is 0 Å². The normalized spacial score (nSPS) is 16.8. The van der Waals surface area contributed by atoms with E-state index in [4.69, 9.17) is 21.4 Å². The number of hydrogen-bond acceptors (Lipinski definition) is 6. The molecule has 1 N–H and O–H groups in total. The van der Waals surface area contributed by atoms with Crippen molar-refractivity contribution in [3.05, 3.63) is 16.2 Å². The van der Waals surface area contributed by atoms with E-state index in [9.17, 15) is 0 Å². The Bertz CT molecular complexity index is 626. The van der Waals surface area contributed by atoms with Crippen LogP contribution in [0.4, 0.5) is 5.82 Å².